The molecule has 17 heavy (non-hydrogen) atoms. The highest BCUT2D eigenvalue weighted by Crippen LogP contribution is 2.12. The molecule has 0 heterocycles. The van der Waals surface area contributed by atoms with Gasteiger partial charge in [0.2, 0.25) is 0 Å². The van der Waals surface area contributed by atoms with Crippen LogP contribution in [0.15, 0.2) is 24.3 Å². The van der Waals surface area contributed by atoms with Crippen LogP contribution in [0.4, 0.5) is 0 Å². The lowest BCUT2D eigenvalue weighted by Crippen LogP contribution is -2.31. The molecule has 1 rings (SSSR count). The van der Waals surface area contributed by atoms with Crippen LogP contribution in [0.1, 0.15) is 32.8 Å². The van der Waals surface area contributed by atoms with Gasteiger partial charge in [-0.3, -0.25) is 0 Å². The van der Waals surface area contributed by atoms with Gasteiger partial charge in [0.25, 0.3) is 0 Å². The lowest BCUT2D eigenvalue weighted by molar-refractivity contribution is 0.414. The first-order chi connectivity index (χ1) is 8.15. The van der Waals surface area contributed by atoms with Crippen molar-refractivity contribution in [2.45, 2.75) is 39.7 Å². The third kappa shape index (κ3) is 5.22. The first kappa shape index (κ1) is 14.0. The molecule has 0 saturated heterocycles. The van der Waals surface area contributed by atoms with Crippen LogP contribution in [0.25, 0.3) is 0 Å². The molecule has 0 amide bonds. The van der Waals surface area contributed by atoms with Crippen molar-refractivity contribution in [3.63, 3.8) is 0 Å². The minimum absolute atomic E-state index is 0.525. The molecule has 1 aromatic carbocycles. The standard InChI is InChI=1S/C15H25NO/c1-5-12(2)11-16-13(3)10-14-6-8-15(17-4)9-7-14/h6-9,12-13,16H,5,10-11H2,1-4H3. The number of nitrogens with one attached hydrogen (secondary N) is 1. The molecule has 0 aliphatic carbocycles. The quantitative estimate of drug-likeness (QED) is 0.783. The zero-order valence-electron chi connectivity index (χ0n) is 11.5. The fraction of sp³-hybridized carbons (Fsp3) is 0.600. The van der Waals surface area contributed by atoms with Crippen molar-refractivity contribution >= 4 is 0 Å². The number of benzene rings is 1. The maximum absolute atomic E-state index is 5.15. The first-order valence-electron chi connectivity index (χ1n) is 6.52. The Morgan fingerprint density at radius 2 is 1.82 bits per heavy atom. The van der Waals surface area contributed by atoms with E-state index in [9.17, 15) is 0 Å². The van der Waals surface area contributed by atoms with E-state index in [0.717, 1.165) is 24.6 Å². The Morgan fingerprint density at radius 3 is 2.35 bits per heavy atom. The maximum Gasteiger partial charge on any atom is 0.118 e. The molecule has 0 spiro atoms. The second-order valence-electron chi connectivity index (χ2n) is 4.87. The Labute approximate surface area is 105 Å². The molecular formula is C15H25NO. The number of ether oxygens (including phenoxy) is 1. The van der Waals surface area contributed by atoms with Gasteiger partial charge in [-0.05, 0) is 43.5 Å². The van der Waals surface area contributed by atoms with Crippen LogP contribution in [0.3, 0.4) is 0 Å². The summed E-state index contributed by atoms with van der Waals surface area (Å²) in [6.07, 6.45) is 2.31. The fourth-order valence-electron chi connectivity index (χ4n) is 1.73. The van der Waals surface area contributed by atoms with E-state index in [1.54, 1.807) is 7.11 Å². The molecule has 0 aliphatic heterocycles. The third-order valence-corrected chi connectivity index (χ3v) is 3.21. The number of methoxy groups -OCH3 is 1. The summed E-state index contributed by atoms with van der Waals surface area (Å²) in [5.41, 5.74) is 1.36. The van der Waals surface area contributed by atoms with E-state index in [1.165, 1.54) is 12.0 Å². The SMILES string of the molecule is CCC(C)CNC(C)Cc1ccc(OC)cc1. The van der Waals surface area contributed by atoms with Gasteiger partial charge in [-0.1, -0.05) is 32.4 Å². The van der Waals surface area contributed by atoms with Gasteiger partial charge < -0.3 is 10.1 Å². The predicted octanol–water partition coefficient (Wildman–Crippen LogP) is 3.26. The van der Waals surface area contributed by atoms with E-state index in [0.29, 0.717) is 6.04 Å². The van der Waals surface area contributed by atoms with Gasteiger partial charge in [-0.2, -0.15) is 0 Å². The molecule has 0 saturated carbocycles. The monoisotopic (exact) mass is 235 g/mol. The Bertz CT molecular complexity index is 307. The summed E-state index contributed by atoms with van der Waals surface area (Å²) >= 11 is 0. The van der Waals surface area contributed by atoms with Gasteiger partial charge in [0.15, 0.2) is 0 Å². The van der Waals surface area contributed by atoms with Crippen LogP contribution in [-0.4, -0.2) is 19.7 Å². The average Bonchev–Trinajstić information content (AvgIpc) is 2.36. The van der Waals surface area contributed by atoms with Crippen molar-refractivity contribution in [1.82, 2.24) is 5.32 Å². The third-order valence-electron chi connectivity index (χ3n) is 3.21. The van der Waals surface area contributed by atoms with Crippen LogP contribution in [0.5, 0.6) is 5.75 Å². The van der Waals surface area contributed by atoms with E-state index >= 15 is 0 Å². The van der Waals surface area contributed by atoms with Crippen LogP contribution in [0.2, 0.25) is 0 Å². The van der Waals surface area contributed by atoms with E-state index in [-0.39, 0.29) is 0 Å². The van der Waals surface area contributed by atoms with E-state index in [1.807, 2.05) is 12.1 Å². The van der Waals surface area contributed by atoms with Gasteiger partial charge in [0.05, 0.1) is 7.11 Å². The second kappa shape index (κ2) is 7.33. The molecule has 1 N–H and O–H groups in total. The van der Waals surface area contributed by atoms with Crippen LogP contribution in [0, 0.1) is 5.92 Å². The van der Waals surface area contributed by atoms with Crippen LogP contribution < -0.4 is 10.1 Å². The number of hydrogen-bond acceptors (Lipinski definition) is 2. The normalized spacial score (nSPS) is 14.4. The first-order valence-corrected chi connectivity index (χ1v) is 6.52. The van der Waals surface area contributed by atoms with Gasteiger partial charge in [0.1, 0.15) is 5.75 Å². The second-order valence-corrected chi connectivity index (χ2v) is 4.87. The summed E-state index contributed by atoms with van der Waals surface area (Å²) in [5.74, 6) is 1.68. The van der Waals surface area contributed by atoms with Gasteiger partial charge >= 0.3 is 0 Å². The highest BCUT2D eigenvalue weighted by molar-refractivity contribution is 5.27. The summed E-state index contributed by atoms with van der Waals surface area (Å²) < 4.78 is 5.15. The van der Waals surface area contributed by atoms with Crippen molar-refractivity contribution in [2.24, 2.45) is 5.92 Å². The molecule has 2 atom stereocenters. The number of rotatable bonds is 7. The molecule has 0 aliphatic rings. The average molecular weight is 235 g/mol. The molecule has 1 aromatic rings. The van der Waals surface area contributed by atoms with Gasteiger partial charge in [-0.25, -0.2) is 0 Å². The minimum atomic E-state index is 0.525. The zero-order chi connectivity index (χ0) is 12.7. The fourth-order valence-corrected chi connectivity index (χ4v) is 1.73. The van der Waals surface area contributed by atoms with Crippen molar-refractivity contribution in [2.75, 3.05) is 13.7 Å². The van der Waals surface area contributed by atoms with Crippen LogP contribution in [-0.2, 0) is 6.42 Å². The van der Waals surface area contributed by atoms with Crippen molar-refractivity contribution in [3.8, 4) is 5.75 Å². The maximum atomic E-state index is 5.15. The molecule has 0 radical (unpaired) electrons. The van der Waals surface area contributed by atoms with E-state index < -0.39 is 0 Å². The lowest BCUT2D eigenvalue weighted by Gasteiger charge is -2.17. The molecule has 0 fully saturated rings. The van der Waals surface area contributed by atoms with Gasteiger partial charge in [0, 0.05) is 6.04 Å². The van der Waals surface area contributed by atoms with Crippen molar-refractivity contribution in [1.29, 1.82) is 0 Å². The zero-order valence-corrected chi connectivity index (χ0v) is 11.5. The highest BCUT2D eigenvalue weighted by atomic mass is 16.5. The molecular weight excluding hydrogens is 210 g/mol. The summed E-state index contributed by atoms with van der Waals surface area (Å²) in [6.45, 7) is 7.87. The number of hydrogen-bond donors (Lipinski definition) is 1. The summed E-state index contributed by atoms with van der Waals surface area (Å²) in [5, 5.41) is 3.58. The van der Waals surface area contributed by atoms with E-state index in [4.69, 9.17) is 4.74 Å². The Kier molecular flexibility index (Phi) is 6.06. The highest BCUT2D eigenvalue weighted by Gasteiger charge is 2.05. The Hall–Kier alpha value is -1.02. The minimum Gasteiger partial charge on any atom is -0.497 e. The molecule has 2 nitrogen and oxygen atoms in total. The van der Waals surface area contributed by atoms with Crippen molar-refractivity contribution in [3.05, 3.63) is 29.8 Å². The molecule has 96 valence electrons. The van der Waals surface area contributed by atoms with Crippen LogP contribution >= 0.6 is 0 Å². The Balaban J connectivity index is 2.36. The molecule has 2 heteroatoms. The topological polar surface area (TPSA) is 21.3 Å². The molecule has 0 bridgehead atoms. The summed E-state index contributed by atoms with van der Waals surface area (Å²) in [6, 6.07) is 8.85. The summed E-state index contributed by atoms with van der Waals surface area (Å²) in [7, 11) is 1.70. The summed E-state index contributed by atoms with van der Waals surface area (Å²) in [4.78, 5) is 0. The Morgan fingerprint density at radius 1 is 1.18 bits per heavy atom. The largest absolute Gasteiger partial charge is 0.497 e. The molecule has 2 unspecified atom stereocenters. The van der Waals surface area contributed by atoms with Gasteiger partial charge in [-0.15, -0.1) is 0 Å². The lowest BCUT2D eigenvalue weighted by atomic mass is 10.1. The molecule has 0 aromatic heterocycles. The predicted molar refractivity (Wildman–Crippen MR) is 73.6 cm³/mol. The van der Waals surface area contributed by atoms with E-state index in [2.05, 4.69) is 38.2 Å². The smallest absolute Gasteiger partial charge is 0.118 e. The van der Waals surface area contributed by atoms with Crippen molar-refractivity contribution < 1.29 is 4.74 Å².